The summed E-state index contributed by atoms with van der Waals surface area (Å²) in [7, 11) is 0. The van der Waals surface area contributed by atoms with E-state index >= 15 is 0 Å². The molecule has 1 aromatic rings. The molecule has 0 fully saturated rings. The van der Waals surface area contributed by atoms with Crippen molar-refractivity contribution < 1.29 is 0 Å². The Balaban J connectivity index is 2.50. The van der Waals surface area contributed by atoms with Crippen LogP contribution in [0.25, 0.3) is 0 Å². The van der Waals surface area contributed by atoms with Gasteiger partial charge in [-0.3, -0.25) is 9.97 Å². The van der Waals surface area contributed by atoms with E-state index in [0.717, 1.165) is 12.1 Å². The van der Waals surface area contributed by atoms with Gasteiger partial charge in [0.15, 0.2) is 0 Å². The molecule has 0 bridgehead atoms. The zero-order valence-corrected chi connectivity index (χ0v) is 6.96. The van der Waals surface area contributed by atoms with Gasteiger partial charge in [0.2, 0.25) is 0 Å². The Morgan fingerprint density at radius 3 is 3.18 bits per heavy atom. The molecule has 0 N–H and O–H groups in total. The van der Waals surface area contributed by atoms with Crippen LogP contribution in [0.2, 0.25) is 0 Å². The van der Waals surface area contributed by atoms with Crippen molar-refractivity contribution in [3.63, 3.8) is 0 Å². The summed E-state index contributed by atoms with van der Waals surface area (Å²) in [6.07, 6.45) is 4.20. The Morgan fingerprint density at radius 2 is 2.36 bits per heavy atom. The lowest BCUT2D eigenvalue weighted by Crippen LogP contribution is -1.95. The SMILES string of the molecule is Cc1cnc2c(n1)CCC2C. The van der Waals surface area contributed by atoms with Crippen LogP contribution in [-0.4, -0.2) is 9.97 Å². The fourth-order valence-corrected chi connectivity index (χ4v) is 1.62. The van der Waals surface area contributed by atoms with E-state index in [1.54, 1.807) is 0 Å². The topological polar surface area (TPSA) is 25.8 Å². The van der Waals surface area contributed by atoms with Gasteiger partial charge < -0.3 is 0 Å². The zero-order valence-electron chi connectivity index (χ0n) is 6.96. The van der Waals surface area contributed by atoms with E-state index in [4.69, 9.17) is 0 Å². The molecule has 0 aliphatic heterocycles. The summed E-state index contributed by atoms with van der Waals surface area (Å²) in [5.74, 6) is 0.623. The normalized spacial score (nSPS) is 21.8. The number of aromatic nitrogens is 2. The van der Waals surface area contributed by atoms with Crippen molar-refractivity contribution >= 4 is 0 Å². The number of nitrogens with zero attached hydrogens (tertiary/aromatic N) is 2. The third-order valence-electron chi connectivity index (χ3n) is 2.28. The maximum absolute atomic E-state index is 4.44. The lowest BCUT2D eigenvalue weighted by Gasteiger charge is -2.01. The smallest absolute Gasteiger partial charge is 0.0647 e. The molecule has 0 aromatic carbocycles. The number of hydrogen-bond acceptors (Lipinski definition) is 2. The van der Waals surface area contributed by atoms with Crippen molar-refractivity contribution in [3.8, 4) is 0 Å². The second kappa shape index (κ2) is 2.29. The summed E-state index contributed by atoms with van der Waals surface area (Å²) in [6, 6.07) is 0. The Kier molecular flexibility index (Phi) is 1.41. The second-order valence-electron chi connectivity index (χ2n) is 3.28. The summed E-state index contributed by atoms with van der Waals surface area (Å²) in [5.41, 5.74) is 3.48. The molecule has 0 spiro atoms. The average molecular weight is 148 g/mol. The van der Waals surface area contributed by atoms with Crippen LogP contribution in [0.15, 0.2) is 6.20 Å². The molecule has 2 nitrogen and oxygen atoms in total. The Bertz CT molecular complexity index is 281. The molecule has 1 atom stereocenters. The van der Waals surface area contributed by atoms with E-state index in [1.807, 2.05) is 13.1 Å². The van der Waals surface area contributed by atoms with Crippen molar-refractivity contribution in [2.24, 2.45) is 0 Å². The predicted octanol–water partition coefficient (Wildman–Crippen LogP) is 1.83. The van der Waals surface area contributed by atoms with E-state index in [1.165, 1.54) is 17.8 Å². The molecule has 0 saturated heterocycles. The number of hydrogen-bond donors (Lipinski definition) is 0. The molecule has 2 rings (SSSR count). The monoisotopic (exact) mass is 148 g/mol. The van der Waals surface area contributed by atoms with Crippen LogP contribution in [-0.2, 0) is 6.42 Å². The van der Waals surface area contributed by atoms with Crippen molar-refractivity contribution in [2.75, 3.05) is 0 Å². The summed E-state index contributed by atoms with van der Waals surface area (Å²) < 4.78 is 0. The van der Waals surface area contributed by atoms with E-state index in [-0.39, 0.29) is 0 Å². The summed E-state index contributed by atoms with van der Waals surface area (Å²) >= 11 is 0. The highest BCUT2D eigenvalue weighted by Gasteiger charge is 2.20. The molecule has 1 heterocycles. The molecule has 0 amide bonds. The van der Waals surface area contributed by atoms with Crippen molar-refractivity contribution in [3.05, 3.63) is 23.3 Å². The molecule has 1 unspecified atom stereocenters. The largest absolute Gasteiger partial charge is 0.257 e. The molecule has 2 heteroatoms. The molecule has 0 radical (unpaired) electrons. The first-order valence-electron chi connectivity index (χ1n) is 4.10. The van der Waals surface area contributed by atoms with Crippen LogP contribution in [0, 0.1) is 6.92 Å². The van der Waals surface area contributed by atoms with E-state index < -0.39 is 0 Å². The van der Waals surface area contributed by atoms with E-state index in [0.29, 0.717) is 5.92 Å². The third-order valence-corrected chi connectivity index (χ3v) is 2.28. The Hall–Kier alpha value is -0.920. The Labute approximate surface area is 66.7 Å². The summed E-state index contributed by atoms with van der Waals surface area (Å²) in [6.45, 7) is 4.21. The lowest BCUT2D eigenvalue weighted by atomic mass is 10.1. The van der Waals surface area contributed by atoms with E-state index in [2.05, 4.69) is 16.9 Å². The van der Waals surface area contributed by atoms with Crippen molar-refractivity contribution in [1.82, 2.24) is 9.97 Å². The average Bonchev–Trinajstić information content (AvgIpc) is 2.32. The molecule has 1 aromatic heterocycles. The summed E-state index contributed by atoms with van der Waals surface area (Å²) in [4.78, 5) is 8.82. The first-order valence-corrected chi connectivity index (χ1v) is 4.10. The van der Waals surface area contributed by atoms with Crippen LogP contribution >= 0.6 is 0 Å². The maximum Gasteiger partial charge on any atom is 0.0647 e. The minimum atomic E-state index is 0.623. The minimum Gasteiger partial charge on any atom is -0.257 e. The fraction of sp³-hybridized carbons (Fsp3) is 0.556. The van der Waals surface area contributed by atoms with Crippen LogP contribution in [0.3, 0.4) is 0 Å². The van der Waals surface area contributed by atoms with Gasteiger partial charge in [-0.15, -0.1) is 0 Å². The highest BCUT2D eigenvalue weighted by Crippen LogP contribution is 2.28. The van der Waals surface area contributed by atoms with Gasteiger partial charge in [-0.25, -0.2) is 0 Å². The van der Waals surface area contributed by atoms with Crippen molar-refractivity contribution in [2.45, 2.75) is 32.6 Å². The van der Waals surface area contributed by atoms with Crippen LogP contribution in [0.1, 0.15) is 36.3 Å². The van der Waals surface area contributed by atoms with Gasteiger partial charge in [0, 0.05) is 12.1 Å². The highest BCUT2D eigenvalue weighted by atomic mass is 14.8. The quantitative estimate of drug-likeness (QED) is 0.561. The third kappa shape index (κ3) is 1.02. The first kappa shape index (κ1) is 6.77. The van der Waals surface area contributed by atoms with Crippen molar-refractivity contribution in [1.29, 1.82) is 0 Å². The van der Waals surface area contributed by atoms with E-state index in [9.17, 15) is 0 Å². The minimum absolute atomic E-state index is 0.623. The second-order valence-corrected chi connectivity index (χ2v) is 3.28. The predicted molar refractivity (Wildman–Crippen MR) is 43.5 cm³/mol. The molecule has 11 heavy (non-hydrogen) atoms. The van der Waals surface area contributed by atoms with Crippen LogP contribution in [0.4, 0.5) is 0 Å². The van der Waals surface area contributed by atoms with Gasteiger partial charge in [0.1, 0.15) is 0 Å². The number of aryl methyl sites for hydroxylation is 2. The number of rotatable bonds is 0. The maximum atomic E-state index is 4.44. The van der Waals surface area contributed by atoms with Gasteiger partial charge in [-0.1, -0.05) is 6.92 Å². The molecular formula is C9H12N2. The molecule has 1 aliphatic rings. The highest BCUT2D eigenvalue weighted by molar-refractivity contribution is 5.22. The molecule has 0 saturated carbocycles. The summed E-state index contributed by atoms with van der Waals surface area (Å²) in [5, 5.41) is 0. The molecule has 58 valence electrons. The van der Waals surface area contributed by atoms with Gasteiger partial charge in [-0.05, 0) is 19.8 Å². The van der Waals surface area contributed by atoms with Gasteiger partial charge in [0.25, 0.3) is 0 Å². The molecular weight excluding hydrogens is 136 g/mol. The van der Waals surface area contributed by atoms with Gasteiger partial charge >= 0.3 is 0 Å². The molecule has 1 aliphatic carbocycles. The lowest BCUT2D eigenvalue weighted by molar-refractivity contribution is 0.731. The Morgan fingerprint density at radius 1 is 1.55 bits per heavy atom. The van der Waals surface area contributed by atoms with Crippen LogP contribution < -0.4 is 0 Å². The number of fused-ring (bicyclic) bond motifs is 1. The first-order chi connectivity index (χ1) is 5.27. The van der Waals surface area contributed by atoms with Gasteiger partial charge in [0.05, 0.1) is 17.1 Å². The standard InChI is InChI=1S/C9H12N2/c1-6-3-4-8-9(6)10-5-7(2)11-8/h5-6H,3-4H2,1-2H3. The fourth-order valence-electron chi connectivity index (χ4n) is 1.62. The zero-order chi connectivity index (χ0) is 7.84. The van der Waals surface area contributed by atoms with Gasteiger partial charge in [-0.2, -0.15) is 0 Å². The van der Waals surface area contributed by atoms with Crippen LogP contribution in [0.5, 0.6) is 0 Å².